The van der Waals surface area contributed by atoms with Crippen molar-refractivity contribution in [3.05, 3.63) is 76.7 Å². The number of benzene rings is 2. The van der Waals surface area contributed by atoms with Gasteiger partial charge in [-0.25, -0.2) is 0 Å². The van der Waals surface area contributed by atoms with E-state index >= 15 is 0 Å². The van der Waals surface area contributed by atoms with Crippen LogP contribution >= 0.6 is 11.3 Å². The summed E-state index contributed by atoms with van der Waals surface area (Å²) in [5.41, 5.74) is 4.60. The van der Waals surface area contributed by atoms with Gasteiger partial charge in [-0.2, -0.15) is 4.57 Å². The summed E-state index contributed by atoms with van der Waals surface area (Å²) >= 11 is 1.66. The molecule has 2 aromatic carbocycles. The van der Waals surface area contributed by atoms with Crippen LogP contribution in [0.1, 0.15) is 99.9 Å². The second-order valence-electron chi connectivity index (χ2n) is 9.62. The SMILES string of the molecule is CCCCCCCCCCCCCCOc1ccc(NC(=O)c2cccc(C[n+]3ccsc3)c2)cc1. The molecule has 36 heavy (non-hydrogen) atoms. The zero-order valence-electron chi connectivity index (χ0n) is 21.9. The van der Waals surface area contributed by atoms with Crippen LogP contribution in [-0.4, -0.2) is 12.5 Å². The van der Waals surface area contributed by atoms with Crippen LogP contribution in [0, 0.1) is 0 Å². The third-order valence-electron chi connectivity index (χ3n) is 6.46. The van der Waals surface area contributed by atoms with Gasteiger partial charge in [-0.3, -0.25) is 4.79 Å². The Bertz CT molecular complexity index is 986. The van der Waals surface area contributed by atoms with Crippen molar-refractivity contribution in [2.24, 2.45) is 0 Å². The van der Waals surface area contributed by atoms with Crippen molar-refractivity contribution in [2.75, 3.05) is 11.9 Å². The first-order valence-corrected chi connectivity index (χ1v) is 14.7. The van der Waals surface area contributed by atoms with Crippen LogP contribution in [0.2, 0.25) is 0 Å². The first-order valence-electron chi connectivity index (χ1n) is 13.8. The number of thiazole rings is 1. The van der Waals surface area contributed by atoms with E-state index < -0.39 is 0 Å². The van der Waals surface area contributed by atoms with Crippen LogP contribution in [0.25, 0.3) is 0 Å². The molecule has 0 aliphatic heterocycles. The summed E-state index contributed by atoms with van der Waals surface area (Å²) in [5.74, 6) is 0.753. The fraction of sp³-hybridized carbons (Fsp3) is 0.484. The Kier molecular flexibility index (Phi) is 13.1. The van der Waals surface area contributed by atoms with Crippen molar-refractivity contribution in [3.63, 3.8) is 0 Å². The second kappa shape index (κ2) is 16.9. The number of hydrogen-bond donors (Lipinski definition) is 1. The van der Waals surface area contributed by atoms with E-state index in [2.05, 4.69) is 22.3 Å². The van der Waals surface area contributed by atoms with Crippen LogP contribution in [0.3, 0.4) is 0 Å². The third-order valence-corrected chi connectivity index (χ3v) is 7.13. The molecule has 0 bridgehead atoms. The molecule has 0 aliphatic carbocycles. The van der Waals surface area contributed by atoms with E-state index in [1.165, 1.54) is 70.6 Å². The highest BCUT2D eigenvalue weighted by Gasteiger charge is 2.09. The van der Waals surface area contributed by atoms with E-state index in [0.717, 1.165) is 36.6 Å². The predicted octanol–water partition coefficient (Wildman–Crippen LogP) is 8.42. The summed E-state index contributed by atoms with van der Waals surface area (Å²) in [4.78, 5) is 12.7. The van der Waals surface area contributed by atoms with Gasteiger partial charge in [-0.15, -0.1) is 0 Å². The zero-order chi connectivity index (χ0) is 25.3. The highest BCUT2D eigenvalue weighted by molar-refractivity contribution is 7.07. The number of anilines is 1. The molecule has 1 amide bonds. The van der Waals surface area contributed by atoms with Gasteiger partial charge in [0.1, 0.15) is 5.75 Å². The number of aromatic nitrogens is 1. The number of nitrogens with one attached hydrogen (secondary N) is 1. The number of unbranched alkanes of at least 4 members (excludes halogenated alkanes) is 11. The number of nitrogens with zero attached hydrogens (tertiary/aromatic N) is 1. The van der Waals surface area contributed by atoms with E-state index in [1.54, 1.807) is 11.3 Å². The number of ether oxygens (including phenoxy) is 1. The number of carbonyl (C=O) groups is 1. The van der Waals surface area contributed by atoms with E-state index in [1.807, 2.05) is 60.1 Å². The highest BCUT2D eigenvalue weighted by atomic mass is 32.1. The molecule has 0 radical (unpaired) electrons. The number of hydrogen-bond acceptors (Lipinski definition) is 3. The van der Waals surface area contributed by atoms with Crippen LogP contribution in [-0.2, 0) is 6.54 Å². The minimum Gasteiger partial charge on any atom is -0.494 e. The van der Waals surface area contributed by atoms with Gasteiger partial charge in [0, 0.05) is 16.8 Å². The smallest absolute Gasteiger partial charge is 0.255 e. The Labute approximate surface area is 221 Å². The Morgan fingerprint density at radius 3 is 2.17 bits per heavy atom. The first kappa shape index (κ1) is 27.9. The summed E-state index contributed by atoms with van der Waals surface area (Å²) in [6.45, 7) is 3.78. The fourth-order valence-electron chi connectivity index (χ4n) is 4.34. The lowest BCUT2D eigenvalue weighted by molar-refractivity contribution is -0.683. The molecular weight excluding hydrogens is 464 g/mol. The molecule has 0 unspecified atom stereocenters. The van der Waals surface area contributed by atoms with Crippen molar-refractivity contribution in [3.8, 4) is 5.75 Å². The molecule has 0 aliphatic rings. The van der Waals surface area contributed by atoms with Gasteiger partial charge in [0.25, 0.3) is 5.91 Å². The molecule has 1 N–H and O–H groups in total. The highest BCUT2D eigenvalue weighted by Crippen LogP contribution is 2.18. The van der Waals surface area contributed by atoms with Gasteiger partial charge in [-0.1, -0.05) is 101 Å². The summed E-state index contributed by atoms with van der Waals surface area (Å²) < 4.78 is 8.00. The topological polar surface area (TPSA) is 42.2 Å². The number of carbonyl (C=O) groups excluding carboxylic acids is 1. The van der Waals surface area contributed by atoms with Gasteiger partial charge in [-0.05, 0) is 42.8 Å². The minimum atomic E-state index is -0.0997. The molecular formula is C31H43N2O2S+. The Morgan fingerprint density at radius 2 is 1.53 bits per heavy atom. The maximum Gasteiger partial charge on any atom is 0.255 e. The molecule has 4 nitrogen and oxygen atoms in total. The van der Waals surface area contributed by atoms with Gasteiger partial charge in [0.15, 0.2) is 12.7 Å². The van der Waals surface area contributed by atoms with Crippen LogP contribution < -0.4 is 14.6 Å². The number of rotatable bonds is 18. The van der Waals surface area contributed by atoms with Gasteiger partial charge in [0.05, 0.1) is 12.0 Å². The maximum atomic E-state index is 12.7. The number of amides is 1. The molecule has 0 saturated carbocycles. The molecule has 1 heterocycles. The lowest BCUT2D eigenvalue weighted by Crippen LogP contribution is -2.30. The van der Waals surface area contributed by atoms with Crippen molar-refractivity contribution in [2.45, 2.75) is 90.5 Å². The third kappa shape index (κ3) is 10.9. The van der Waals surface area contributed by atoms with Crippen molar-refractivity contribution in [1.29, 1.82) is 0 Å². The standard InChI is InChI=1S/C31H42N2O2S/c1-2-3-4-5-6-7-8-9-10-11-12-13-22-35-30-19-17-29(18-20-30)32-31(34)28-16-14-15-27(24-28)25-33-21-23-36-26-33/h14-21,23-24,26H,2-13,22,25H2,1H3/p+1. The molecule has 0 fully saturated rings. The average molecular weight is 508 g/mol. The van der Waals surface area contributed by atoms with E-state index in [4.69, 9.17) is 4.74 Å². The Hall–Kier alpha value is -2.66. The van der Waals surface area contributed by atoms with E-state index in [0.29, 0.717) is 5.56 Å². The summed E-state index contributed by atoms with van der Waals surface area (Å²) in [6, 6.07) is 15.4. The molecule has 1 aromatic heterocycles. The molecule has 0 saturated heterocycles. The zero-order valence-corrected chi connectivity index (χ0v) is 22.7. The van der Waals surface area contributed by atoms with Crippen LogP contribution in [0.4, 0.5) is 5.69 Å². The monoisotopic (exact) mass is 507 g/mol. The molecule has 194 valence electrons. The van der Waals surface area contributed by atoms with Crippen molar-refractivity contribution in [1.82, 2.24) is 0 Å². The van der Waals surface area contributed by atoms with E-state index in [9.17, 15) is 4.79 Å². The summed E-state index contributed by atoms with van der Waals surface area (Å²) in [5, 5.41) is 5.03. The lowest BCUT2D eigenvalue weighted by atomic mass is 10.1. The second-order valence-corrected chi connectivity index (χ2v) is 10.4. The quantitative estimate of drug-likeness (QED) is 0.139. The van der Waals surface area contributed by atoms with Crippen molar-refractivity contribution < 1.29 is 14.1 Å². The Balaban J connectivity index is 1.27. The van der Waals surface area contributed by atoms with Gasteiger partial charge < -0.3 is 10.1 Å². The average Bonchev–Trinajstić information content (AvgIpc) is 3.41. The largest absolute Gasteiger partial charge is 0.494 e. The molecule has 0 atom stereocenters. The summed E-state index contributed by atoms with van der Waals surface area (Å²) in [7, 11) is 0. The van der Waals surface area contributed by atoms with Gasteiger partial charge in [0.2, 0.25) is 5.51 Å². The van der Waals surface area contributed by atoms with E-state index in [-0.39, 0.29) is 5.91 Å². The van der Waals surface area contributed by atoms with Crippen molar-refractivity contribution >= 4 is 22.9 Å². The normalized spacial score (nSPS) is 10.9. The molecule has 3 aromatic rings. The molecule has 3 rings (SSSR count). The Morgan fingerprint density at radius 1 is 0.861 bits per heavy atom. The van der Waals surface area contributed by atoms with Crippen LogP contribution in [0.15, 0.2) is 65.6 Å². The summed E-state index contributed by atoms with van der Waals surface area (Å²) in [6.07, 6.45) is 18.2. The minimum absolute atomic E-state index is 0.0997. The maximum absolute atomic E-state index is 12.7. The van der Waals surface area contributed by atoms with Gasteiger partial charge >= 0.3 is 0 Å². The molecule has 0 spiro atoms. The lowest BCUT2D eigenvalue weighted by Gasteiger charge is -2.09. The fourth-order valence-corrected chi connectivity index (χ4v) is 4.94. The predicted molar refractivity (Wildman–Crippen MR) is 151 cm³/mol. The van der Waals surface area contributed by atoms with Crippen LogP contribution in [0.5, 0.6) is 5.75 Å². The molecule has 5 heteroatoms. The first-order chi connectivity index (χ1) is 17.7.